The summed E-state index contributed by atoms with van der Waals surface area (Å²) in [5.74, 6) is 0.536. The molecule has 0 unspecified atom stereocenters. The third-order valence-electron chi connectivity index (χ3n) is 4.91. The van der Waals surface area contributed by atoms with E-state index in [0.717, 1.165) is 44.7 Å². The number of piperazine rings is 1. The van der Waals surface area contributed by atoms with Crippen LogP contribution in [0.4, 0.5) is 11.4 Å². The lowest BCUT2D eigenvalue weighted by atomic mass is 10.2. The van der Waals surface area contributed by atoms with E-state index in [9.17, 15) is 4.79 Å². The SMILES string of the molecule is CCCCOc1cccc(C(=O)Nc2ccc(N3CCN(C)CC3)c(Cl)c2)c1. The van der Waals surface area contributed by atoms with Gasteiger partial charge in [0.15, 0.2) is 0 Å². The molecule has 1 fully saturated rings. The summed E-state index contributed by atoms with van der Waals surface area (Å²) in [6, 6.07) is 12.9. The van der Waals surface area contributed by atoms with Gasteiger partial charge in [0.2, 0.25) is 0 Å². The van der Waals surface area contributed by atoms with Gasteiger partial charge in [0, 0.05) is 37.4 Å². The van der Waals surface area contributed by atoms with Crippen molar-refractivity contribution in [1.82, 2.24) is 4.90 Å². The van der Waals surface area contributed by atoms with Gasteiger partial charge < -0.3 is 19.9 Å². The van der Waals surface area contributed by atoms with Crippen LogP contribution < -0.4 is 15.0 Å². The molecule has 1 heterocycles. The number of rotatable bonds is 7. The molecule has 1 saturated heterocycles. The molecule has 28 heavy (non-hydrogen) atoms. The topological polar surface area (TPSA) is 44.8 Å². The number of benzene rings is 2. The quantitative estimate of drug-likeness (QED) is 0.692. The smallest absolute Gasteiger partial charge is 0.255 e. The van der Waals surface area contributed by atoms with E-state index in [0.29, 0.717) is 28.6 Å². The van der Waals surface area contributed by atoms with E-state index >= 15 is 0 Å². The molecule has 1 aliphatic heterocycles. The number of anilines is 2. The maximum atomic E-state index is 12.6. The number of carbonyl (C=O) groups is 1. The molecule has 1 aliphatic rings. The zero-order valence-corrected chi connectivity index (χ0v) is 17.3. The average molecular weight is 402 g/mol. The monoisotopic (exact) mass is 401 g/mol. The Morgan fingerprint density at radius 3 is 2.64 bits per heavy atom. The Kier molecular flexibility index (Phi) is 7.18. The van der Waals surface area contributed by atoms with Crippen molar-refractivity contribution in [3.63, 3.8) is 0 Å². The summed E-state index contributed by atoms with van der Waals surface area (Å²) in [5, 5.41) is 3.58. The van der Waals surface area contributed by atoms with Crippen LogP contribution >= 0.6 is 11.6 Å². The van der Waals surface area contributed by atoms with Crippen LogP contribution in [0.5, 0.6) is 5.75 Å². The van der Waals surface area contributed by atoms with E-state index in [4.69, 9.17) is 16.3 Å². The first-order valence-electron chi connectivity index (χ1n) is 9.84. The minimum Gasteiger partial charge on any atom is -0.494 e. The normalized spacial score (nSPS) is 14.8. The van der Waals surface area contributed by atoms with E-state index in [1.54, 1.807) is 12.1 Å². The van der Waals surface area contributed by atoms with E-state index in [2.05, 4.69) is 29.1 Å². The molecule has 0 radical (unpaired) electrons. The highest BCUT2D eigenvalue weighted by molar-refractivity contribution is 6.33. The number of carbonyl (C=O) groups excluding carboxylic acids is 1. The van der Waals surface area contributed by atoms with Crippen LogP contribution in [-0.4, -0.2) is 50.6 Å². The second-order valence-corrected chi connectivity index (χ2v) is 7.55. The molecule has 2 aromatic rings. The Labute approximate surface area is 172 Å². The fourth-order valence-corrected chi connectivity index (χ4v) is 3.45. The van der Waals surface area contributed by atoms with Crippen LogP contribution in [0.2, 0.25) is 5.02 Å². The number of halogens is 1. The first-order chi connectivity index (χ1) is 13.6. The van der Waals surface area contributed by atoms with Gasteiger partial charge in [-0.15, -0.1) is 0 Å². The number of likely N-dealkylation sites (N-methyl/N-ethyl adjacent to an activating group) is 1. The molecule has 1 amide bonds. The second-order valence-electron chi connectivity index (χ2n) is 7.14. The van der Waals surface area contributed by atoms with Crippen LogP contribution in [0.15, 0.2) is 42.5 Å². The number of nitrogens with one attached hydrogen (secondary N) is 1. The number of nitrogens with zero attached hydrogens (tertiary/aromatic N) is 2. The number of unbranched alkanes of at least 4 members (excludes halogenated alkanes) is 1. The van der Waals surface area contributed by atoms with E-state index in [1.165, 1.54) is 0 Å². The summed E-state index contributed by atoms with van der Waals surface area (Å²) in [6.45, 7) is 6.72. The van der Waals surface area contributed by atoms with Crippen LogP contribution in [0.25, 0.3) is 0 Å². The summed E-state index contributed by atoms with van der Waals surface area (Å²) in [6.07, 6.45) is 2.07. The molecular weight excluding hydrogens is 374 g/mol. The highest BCUT2D eigenvalue weighted by Gasteiger charge is 2.17. The molecule has 0 bridgehead atoms. The standard InChI is InChI=1S/C22H28ClN3O2/c1-3-4-14-28-19-7-5-6-17(15-19)22(27)24-18-8-9-21(20(23)16-18)26-12-10-25(2)11-13-26/h5-9,15-16H,3-4,10-14H2,1-2H3,(H,24,27). The fraction of sp³-hybridized carbons (Fsp3) is 0.409. The van der Waals surface area contributed by atoms with Gasteiger partial charge in [0.05, 0.1) is 17.3 Å². The summed E-state index contributed by atoms with van der Waals surface area (Å²) < 4.78 is 5.69. The maximum absolute atomic E-state index is 12.6. The Morgan fingerprint density at radius 2 is 1.93 bits per heavy atom. The third kappa shape index (κ3) is 5.40. The molecular formula is C22H28ClN3O2. The van der Waals surface area contributed by atoms with Gasteiger partial charge >= 0.3 is 0 Å². The number of amides is 1. The number of ether oxygens (including phenoxy) is 1. The molecule has 6 heteroatoms. The molecule has 150 valence electrons. The summed E-state index contributed by atoms with van der Waals surface area (Å²) in [5.41, 5.74) is 2.26. The zero-order valence-electron chi connectivity index (χ0n) is 16.6. The van der Waals surface area contributed by atoms with Gasteiger partial charge in [-0.2, -0.15) is 0 Å². The van der Waals surface area contributed by atoms with Gasteiger partial charge in [-0.3, -0.25) is 4.79 Å². The minimum absolute atomic E-state index is 0.177. The molecule has 0 saturated carbocycles. The Balaban J connectivity index is 1.64. The third-order valence-corrected chi connectivity index (χ3v) is 5.22. The highest BCUT2D eigenvalue weighted by Crippen LogP contribution is 2.30. The lowest BCUT2D eigenvalue weighted by molar-refractivity contribution is 0.102. The fourth-order valence-electron chi connectivity index (χ4n) is 3.15. The van der Waals surface area contributed by atoms with Crippen molar-refractivity contribution in [3.8, 4) is 5.75 Å². The summed E-state index contributed by atoms with van der Waals surface area (Å²) >= 11 is 6.50. The lowest BCUT2D eigenvalue weighted by Crippen LogP contribution is -2.44. The van der Waals surface area contributed by atoms with E-state index in [-0.39, 0.29) is 5.91 Å². The predicted molar refractivity (Wildman–Crippen MR) is 116 cm³/mol. The van der Waals surface area contributed by atoms with Gasteiger partial charge in [0.1, 0.15) is 5.75 Å². The minimum atomic E-state index is -0.177. The molecule has 0 aromatic heterocycles. The van der Waals surface area contributed by atoms with E-state index < -0.39 is 0 Å². The van der Waals surface area contributed by atoms with Crippen molar-refractivity contribution in [1.29, 1.82) is 0 Å². The van der Waals surface area contributed by atoms with Crippen molar-refractivity contribution in [2.75, 3.05) is 50.1 Å². The Morgan fingerprint density at radius 1 is 1.14 bits per heavy atom. The summed E-state index contributed by atoms with van der Waals surface area (Å²) in [7, 11) is 2.13. The van der Waals surface area contributed by atoms with Crippen LogP contribution in [-0.2, 0) is 0 Å². The van der Waals surface area contributed by atoms with Gasteiger partial charge in [-0.1, -0.05) is 31.0 Å². The van der Waals surface area contributed by atoms with Crippen molar-refractivity contribution in [2.24, 2.45) is 0 Å². The predicted octanol–water partition coefficient (Wildman–Crippen LogP) is 4.52. The van der Waals surface area contributed by atoms with Gasteiger partial charge in [-0.05, 0) is 49.9 Å². The molecule has 3 rings (SSSR count). The number of hydrogen-bond acceptors (Lipinski definition) is 4. The van der Waals surface area contributed by atoms with Crippen molar-refractivity contribution in [3.05, 3.63) is 53.1 Å². The van der Waals surface area contributed by atoms with Crippen molar-refractivity contribution < 1.29 is 9.53 Å². The molecule has 0 atom stereocenters. The molecule has 0 spiro atoms. The zero-order chi connectivity index (χ0) is 19.9. The second kappa shape index (κ2) is 9.80. The average Bonchev–Trinajstić information content (AvgIpc) is 2.69. The maximum Gasteiger partial charge on any atom is 0.255 e. The molecule has 5 nitrogen and oxygen atoms in total. The molecule has 1 N–H and O–H groups in total. The summed E-state index contributed by atoms with van der Waals surface area (Å²) in [4.78, 5) is 17.2. The first-order valence-corrected chi connectivity index (χ1v) is 10.2. The van der Waals surface area contributed by atoms with Crippen molar-refractivity contribution >= 4 is 28.9 Å². The lowest BCUT2D eigenvalue weighted by Gasteiger charge is -2.34. The van der Waals surface area contributed by atoms with Gasteiger partial charge in [-0.25, -0.2) is 0 Å². The Bertz CT molecular complexity index is 804. The van der Waals surface area contributed by atoms with Gasteiger partial charge in [0.25, 0.3) is 5.91 Å². The largest absolute Gasteiger partial charge is 0.494 e. The highest BCUT2D eigenvalue weighted by atomic mass is 35.5. The molecule has 0 aliphatic carbocycles. The van der Waals surface area contributed by atoms with E-state index in [1.807, 2.05) is 30.3 Å². The molecule has 2 aromatic carbocycles. The van der Waals surface area contributed by atoms with Crippen molar-refractivity contribution in [2.45, 2.75) is 19.8 Å². The first kappa shape index (κ1) is 20.5. The van der Waals surface area contributed by atoms with Crippen LogP contribution in [0.3, 0.4) is 0 Å². The van der Waals surface area contributed by atoms with Crippen LogP contribution in [0, 0.1) is 0 Å². The Hall–Kier alpha value is -2.24. The number of hydrogen-bond donors (Lipinski definition) is 1. The van der Waals surface area contributed by atoms with Crippen LogP contribution in [0.1, 0.15) is 30.1 Å².